The molecule has 0 saturated heterocycles. The Morgan fingerprint density at radius 1 is 1.18 bits per heavy atom. The van der Waals surface area contributed by atoms with Gasteiger partial charge in [0.05, 0.1) is 6.07 Å². The average molecular weight is 239 g/mol. The Morgan fingerprint density at radius 2 is 1.82 bits per heavy atom. The first kappa shape index (κ1) is 15.4. The van der Waals surface area contributed by atoms with Crippen molar-refractivity contribution in [2.45, 2.75) is 46.1 Å². The summed E-state index contributed by atoms with van der Waals surface area (Å²) in [5.74, 6) is -0.767. The molecule has 2 N–H and O–H groups in total. The second-order valence-electron chi connectivity index (χ2n) is 4.54. The summed E-state index contributed by atoms with van der Waals surface area (Å²) < 4.78 is 0. The van der Waals surface area contributed by atoms with Crippen LogP contribution >= 0.6 is 0 Å². The van der Waals surface area contributed by atoms with Crippen molar-refractivity contribution in [3.8, 4) is 6.07 Å². The second kappa shape index (κ2) is 8.57. The van der Waals surface area contributed by atoms with E-state index >= 15 is 0 Å². The number of nitrogens with zero attached hydrogens (tertiary/aromatic N) is 1. The molecule has 5 heteroatoms. The van der Waals surface area contributed by atoms with E-state index in [1.807, 2.05) is 6.92 Å². The van der Waals surface area contributed by atoms with Crippen LogP contribution in [0.5, 0.6) is 0 Å². The molecule has 0 aromatic rings. The molecule has 0 heterocycles. The van der Waals surface area contributed by atoms with Crippen LogP contribution in [0.1, 0.15) is 40.0 Å². The van der Waals surface area contributed by atoms with Crippen molar-refractivity contribution in [3.63, 3.8) is 0 Å². The lowest BCUT2D eigenvalue weighted by atomic mass is 10.0. The van der Waals surface area contributed by atoms with Crippen molar-refractivity contribution in [2.24, 2.45) is 5.92 Å². The highest BCUT2D eigenvalue weighted by atomic mass is 16.2. The molecule has 0 radical (unpaired) electrons. The third kappa shape index (κ3) is 8.26. The van der Waals surface area contributed by atoms with E-state index in [0.29, 0.717) is 5.92 Å². The lowest BCUT2D eigenvalue weighted by molar-refractivity contribution is -0.139. The summed E-state index contributed by atoms with van der Waals surface area (Å²) in [5, 5.41) is 13.1. The molecule has 0 rings (SSSR count). The average Bonchev–Trinajstić information content (AvgIpc) is 2.25. The Hall–Kier alpha value is -1.57. The van der Waals surface area contributed by atoms with Gasteiger partial charge in [-0.3, -0.25) is 9.59 Å². The molecular formula is C12H21N3O2. The fourth-order valence-corrected chi connectivity index (χ4v) is 1.39. The Labute approximate surface area is 103 Å². The van der Waals surface area contributed by atoms with E-state index in [2.05, 4.69) is 24.5 Å². The zero-order valence-electron chi connectivity index (χ0n) is 10.7. The highest BCUT2D eigenvalue weighted by Crippen LogP contribution is 2.07. The zero-order chi connectivity index (χ0) is 13.3. The van der Waals surface area contributed by atoms with Gasteiger partial charge in [-0.25, -0.2) is 0 Å². The maximum absolute atomic E-state index is 11.3. The normalized spacial score (nSPS) is 11.7. The highest BCUT2D eigenvalue weighted by molar-refractivity contribution is 6.35. The van der Waals surface area contributed by atoms with Gasteiger partial charge in [0.15, 0.2) is 0 Å². The lowest BCUT2D eigenvalue weighted by Crippen LogP contribution is -2.43. The largest absolute Gasteiger partial charge is 0.345 e. The maximum Gasteiger partial charge on any atom is 0.310 e. The lowest BCUT2D eigenvalue weighted by Gasteiger charge is -2.13. The molecule has 1 unspecified atom stereocenters. The predicted octanol–water partition coefficient (Wildman–Crippen LogP) is 0.957. The predicted molar refractivity (Wildman–Crippen MR) is 64.9 cm³/mol. The Morgan fingerprint density at radius 3 is 2.35 bits per heavy atom. The van der Waals surface area contributed by atoms with Crippen LogP contribution < -0.4 is 10.6 Å². The molecule has 0 aliphatic rings. The van der Waals surface area contributed by atoms with Crippen molar-refractivity contribution >= 4 is 11.8 Å². The third-order valence-corrected chi connectivity index (χ3v) is 2.33. The molecule has 0 aromatic heterocycles. The van der Waals surface area contributed by atoms with Crippen LogP contribution in [0, 0.1) is 17.2 Å². The van der Waals surface area contributed by atoms with Crippen LogP contribution in [0.4, 0.5) is 0 Å². The van der Waals surface area contributed by atoms with Crippen molar-refractivity contribution in [3.05, 3.63) is 0 Å². The van der Waals surface area contributed by atoms with Crippen LogP contribution in [0.2, 0.25) is 0 Å². The standard InChI is InChI=1S/C12H21N3O2/c1-9(2)5-4-6-10(3)15-12(17)11(16)14-8-7-13/h9-10H,4-6,8H2,1-3H3,(H,14,16)(H,15,17). The van der Waals surface area contributed by atoms with E-state index in [1.165, 1.54) is 0 Å². The Bertz CT molecular complexity index is 295. The first-order chi connectivity index (χ1) is 7.97. The van der Waals surface area contributed by atoms with Crippen molar-refractivity contribution in [2.75, 3.05) is 6.54 Å². The molecule has 2 amide bonds. The van der Waals surface area contributed by atoms with Gasteiger partial charge in [0, 0.05) is 6.04 Å². The van der Waals surface area contributed by atoms with E-state index in [9.17, 15) is 9.59 Å². The van der Waals surface area contributed by atoms with Crippen LogP contribution in [0.25, 0.3) is 0 Å². The van der Waals surface area contributed by atoms with Gasteiger partial charge in [0.1, 0.15) is 6.54 Å². The summed E-state index contributed by atoms with van der Waals surface area (Å²) in [5.41, 5.74) is 0. The molecule has 0 aliphatic carbocycles. The van der Waals surface area contributed by atoms with Gasteiger partial charge in [-0.2, -0.15) is 5.26 Å². The van der Waals surface area contributed by atoms with E-state index in [-0.39, 0.29) is 12.6 Å². The fourth-order valence-electron chi connectivity index (χ4n) is 1.39. The summed E-state index contributed by atoms with van der Waals surface area (Å²) in [6.45, 7) is 6.03. The first-order valence-electron chi connectivity index (χ1n) is 5.93. The van der Waals surface area contributed by atoms with Crippen molar-refractivity contribution in [1.29, 1.82) is 5.26 Å². The van der Waals surface area contributed by atoms with Gasteiger partial charge in [-0.15, -0.1) is 0 Å². The van der Waals surface area contributed by atoms with Crippen LogP contribution in [0.15, 0.2) is 0 Å². The molecule has 96 valence electrons. The van der Waals surface area contributed by atoms with Gasteiger partial charge in [0.25, 0.3) is 0 Å². The number of carbonyl (C=O) groups is 2. The number of nitriles is 1. The van der Waals surface area contributed by atoms with Gasteiger partial charge in [-0.05, 0) is 19.3 Å². The van der Waals surface area contributed by atoms with Gasteiger partial charge >= 0.3 is 11.8 Å². The molecule has 17 heavy (non-hydrogen) atoms. The number of hydrogen-bond acceptors (Lipinski definition) is 3. The monoisotopic (exact) mass is 239 g/mol. The van der Waals surface area contributed by atoms with Gasteiger partial charge in [-0.1, -0.05) is 26.7 Å². The molecule has 0 saturated carbocycles. The number of hydrogen-bond donors (Lipinski definition) is 2. The summed E-state index contributed by atoms with van der Waals surface area (Å²) in [4.78, 5) is 22.5. The Kier molecular flexibility index (Phi) is 7.78. The minimum atomic E-state index is -0.748. The van der Waals surface area contributed by atoms with Gasteiger partial charge in [0.2, 0.25) is 0 Å². The third-order valence-electron chi connectivity index (χ3n) is 2.33. The van der Waals surface area contributed by atoms with Crippen LogP contribution in [0.3, 0.4) is 0 Å². The maximum atomic E-state index is 11.3. The minimum Gasteiger partial charge on any atom is -0.345 e. The second-order valence-corrected chi connectivity index (χ2v) is 4.54. The van der Waals surface area contributed by atoms with Crippen molar-refractivity contribution < 1.29 is 9.59 Å². The summed E-state index contributed by atoms with van der Waals surface area (Å²) in [7, 11) is 0. The number of nitrogens with one attached hydrogen (secondary N) is 2. The number of rotatable bonds is 6. The smallest absolute Gasteiger partial charge is 0.310 e. The number of carbonyl (C=O) groups excluding carboxylic acids is 2. The number of amides is 2. The fraction of sp³-hybridized carbons (Fsp3) is 0.750. The minimum absolute atomic E-state index is 0.0194. The molecular weight excluding hydrogens is 218 g/mol. The molecule has 5 nitrogen and oxygen atoms in total. The summed E-state index contributed by atoms with van der Waals surface area (Å²) >= 11 is 0. The van der Waals surface area contributed by atoms with Crippen LogP contribution in [-0.2, 0) is 9.59 Å². The zero-order valence-corrected chi connectivity index (χ0v) is 10.7. The van der Waals surface area contributed by atoms with E-state index in [4.69, 9.17) is 5.26 Å². The molecule has 0 fully saturated rings. The molecule has 0 aromatic carbocycles. The molecule has 0 bridgehead atoms. The molecule has 0 aliphatic heterocycles. The quantitative estimate of drug-likeness (QED) is 0.535. The summed E-state index contributed by atoms with van der Waals surface area (Å²) in [6, 6.07) is 1.72. The summed E-state index contributed by atoms with van der Waals surface area (Å²) in [6.07, 6.45) is 3.00. The first-order valence-corrected chi connectivity index (χ1v) is 5.93. The van der Waals surface area contributed by atoms with Crippen molar-refractivity contribution in [1.82, 2.24) is 10.6 Å². The Balaban J connectivity index is 3.80. The molecule has 0 spiro atoms. The molecule has 1 atom stereocenters. The SMILES string of the molecule is CC(C)CCCC(C)NC(=O)C(=O)NCC#N. The topological polar surface area (TPSA) is 82.0 Å². The van der Waals surface area contributed by atoms with Gasteiger partial charge < -0.3 is 10.6 Å². The highest BCUT2D eigenvalue weighted by Gasteiger charge is 2.15. The van der Waals surface area contributed by atoms with E-state index < -0.39 is 11.8 Å². The van der Waals surface area contributed by atoms with Crippen LogP contribution in [-0.4, -0.2) is 24.4 Å². The van der Waals surface area contributed by atoms with E-state index in [0.717, 1.165) is 19.3 Å². The van der Waals surface area contributed by atoms with E-state index in [1.54, 1.807) is 6.07 Å².